The van der Waals surface area contributed by atoms with Crippen LogP contribution in [0.4, 0.5) is 10.2 Å². The zero-order chi connectivity index (χ0) is 16.1. The van der Waals surface area contributed by atoms with Gasteiger partial charge in [-0.25, -0.2) is 14.4 Å². The van der Waals surface area contributed by atoms with Crippen LogP contribution >= 0.6 is 0 Å². The fourth-order valence-electron chi connectivity index (χ4n) is 1.91. The molecule has 0 saturated heterocycles. The molecule has 0 unspecified atom stereocenters. The lowest BCUT2D eigenvalue weighted by Crippen LogP contribution is -2.31. The Hall–Kier alpha value is -2.50. The van der Waals surface area contributed by atoms with Gasteiger partial charge in [-0.05, 0) is 38.5 Å². The van der Waals surface area contributed by atoms with Gasteiger partial charge in [0.1, 0.15) is 23.2 Å². The van der Waals surface area contributed by atoms with Crippen molar-refractivity contribution in [3.63, 3.8) is 0 Å². The summed E-state index contributed by atoms with van der Waals surface area (Å²) in [5.74, 6) is 0.573. The maximum absolute atomic E-state index is 12.9. The molecule has 0 aliphatic rings. The molecule has 0 bridgehead atoms. The minimum absolute atomic E-state index is 0.0402. The van der Waals surface area contributed by atoms with Gasteiger partial charge in [0, 0.05) is 18.7 Å². The molecule has 2 aromatic rings. The third kappa shape index (κ3) is 4.51. The molecule has 6 heteroatoms. The van der Waals surface area contributed by atoms with Crippen LogP contribution in [0, 0.1) is 12.7 Å². The number of anilines is 1. The Morgan fingerprint density at radius 3 is 2.55 bits per heavy atom. The van der Waals surface area contributed by atoms with E-state index in [1.54, 1.807) is 25.1 Å². The topological polar surface area (TPSA) is 66.9 Å². The van der Waals surface area contributed by atoms with Crippen molar-refractivity contribution in [3.05, 3.63) is 53.2 Å². The zero-order valence-corrected chi connectivity index (χ0v) is 12.9. The number of hydrogen-bond donors (Lipinski definition) is 2. The van der Waals surface area contributed by atoms with Crippen molar-refractivity contribution >= 4 is 11.7 Å². The van der Waals surface area contributed by atoms with Crippen molar-refractivity contribution in [2.75, 3.05) is 5.32 Å². The second-order valence-electron chi connectivity index (χ2n) is 5.29. The lowest BCUT2D eigenvalue weighted by molar-refractivity contribution is 0.0937. The highest BCUT2D eigenvalue weighted by Gasteiger charge is 2.11. The maximum Gasteiger partial charge on any atom is 0.270 e. The van der Waals surface area contributed by atoms with E-state index in [1.807, 2.05) is 13.8 Å². The summed E-state index contributed by atoms with van der Waals surface area (Å²) >= 11 is 0. The smallest absolute Gasteiger partial charge is 0.270 e. The molecule has 2 rings (SSSR count). The first-order valence-corrected chi connectivity index (χ1v) is 7.09. The minimum Gasteiger partial charge on any atom is -0.366 e. The van der Waals surface area contributed by atoms with Crippen LogP contribution in [-0.4, -0.2) is 21.9 Å². The van der Waals surface area contributed by atoms with E-state index in [0.717, 1.165) is 5.56 Å². The van der Waals surface area contributed by atoms with Gasteiger partial charge < -0.3 is 10.6 Å². The number of nitrogens with one attached hydrogen (secondary N) is 2. The average Bonchev–Trinajstić information content (AvgIpc) is 2.45. The molecule has 0 aliphatic heterocycles. The number of benzene rings is 1. The Labute approximate surface area is 129 Å². The number of aryl methyl sites for hydroxylation is 1. The lowest BCUT2D eigenvalue weighted by Gasteiger charge is -2.10. The number of nitrogens with zero attached hydrogens (tertiary/aromatic N) is 2. The fourth-order valence-corrected chi connectivity index (χ4v) is 1.91. The first kappa shape index (κ1) is 15.9. The molecule has 22 heavy (non-hydrogen) atoms. The third-order valence-corrected chi connectivity index (χ3v) is 2.88. The predicted molar refractivity (Wildman–Crippen MR) is 83.1 cm³/mol. The van der Waals surface area contributed by atoms with E-state index in [2.05, 4.69) is 20.6 Å². The summed E-state index contributed by atoms with van der Waals surface area (Å²) < 4.78 is 12.9. The van der Waals surface area contributed by atoms with Crippen molar-refractivity contribution in [2.24, 2.45) is 0 Å². The summed E-state index contributed by atoms with van der Waals surface area (Å²) in [6.07, 6.45) is 0. The number of aromatic nitrogens is 2. The van der Waals surface area contributed by atoms with Crippen LogP contribution in [0.25, 0.3) is 0 Å². The second kappa shape index (κ2) is 6.98. The molecule has 5 nitrogen and oxygen atoms in total. The Kier molecular flexibility index (Phi) is 5.04. The average molecular weight is 302 g/mol. The summed E-state index contributed by atoms with van der Waals surface area (Å²) in [5.41, 5.74) is 1.24. The van der Waals surface area contributed by atoms with Gasteiger partial charge in [0.15, 0.2) is 0 Å². The summed E-state index contributed by atoms with van der Waals surface area (Å²) in [4.78, 5) is 20.4. The quantitative estimate of drug-likeness (QED) is 0.891. The Balaban J connectivity index is 2.09. The van der Waals surface area contributed by atoms with Crippen LogP contribution in [0.3, 0.4) is 0 Å². The first-order valence-electron chi connectivity index (χ1n) is 7.09. The number of carbonyl (C=O) groups excluding carboxylic acids is 1. The van der Waals surface area contributed by atoms with Crippen LogP contribution in [-0.2, 0) is 6.54 Å². The first-order chi connectivity index (χ1) is 10.4. The van der Waals surface area contributed by atoms with E-state index in [-0.39, 0.29) is 17.8 Å². The number of carbonyl (C=O) groups is 1. The van der Waals surface area contributed by atoms with E-state index in [0.29, 0.717) is 23.9 Å². The van der Waals surface area contributed by atoms with Crippen molar-refractivity contribution < 1.29 is 9.18 Å². The Morgan fingerprint density at radius 2 is 1.91 bits per heavy atom. The third-order valence-electron chi connectivity index (χ3n) is 2.88. The van der Waals surface area contributed by atoms with Gasteiger partial charge in [-0.15, -0.1) is 0 Å². The molecular formula is C16H19FN4O. The second-order valence-corrected chi connectivity index (χ2v) is 5.29. The number of amides is 1. The standard InChI is InChI=1S/C16H19FN4O/c1-10(2)19-16(22)14-8-15(21-11(3)20-14)18-9-12-4-6-13(17)7-5-12/h4-8,10H,9H2,1-3H3,(H,19,22)(H,18,20,21). The lowest BCUT2D eigenvalue weighted by atomic mass is 10.2. The SMILES string of the molecule is Cc1nc(NCc2ccc(F)cc2)cc(C(=O)NC(C)C)n1. The highest BCUT2D eigenvalue weighted by atomic mass is 19.1. The molecule has 0 saturated carbocycles. The molecule has 0 fully saturated rings. The monoisotopic (exact) mass is 302 g/mol. The summed E-state index contributed by atoms with van der Waals surface area (Å²) in [6.45, 7) is 6.00. The Morgan fingerprint density at radius 1 is 1.23 bits per heavy atom. The van der Waals surface area contributed by atoms with Crippen LogP contribution in [0.5, 0.6) is 0 Å². The molecule has 0 aliphatic carbocycles. The highest BCUT2D eigenvalue weighted by molar-refractivity contribution is 5.93. The fraction of sp³-hybridized carbons (Fsp3) is 0.312. The van der Waals surface area contributed by atoms with Gasteiger partial charge in [0.25, 0.3) is 5.91 Å². The molecule has 0 radical (unpaired) electrons. The molecule has 2 N–H and O–H groups in total. The summed E-state index contributed by atoms with van der Waals surface area (Å²) in [5, 5.41) is 5.91. The molecular weight excluding hydrogens is 283 g/mol. The van der Waals surface area contributed by atoms with E-state index in [4.69, 9.17) is 0 Å². The van der Waals surface area contributed by atoms with Gasteiger partial charge in [0.2, 0.25) is 0 Å². The Bertz CT molecular complexity index is 656. The van der Waals surface area contributed by atoms with Gasteiger partial charge in [-0.3, -0.25) is 4.79 Å². The highest BCUT2D eigenvalue weighted by Crippen LogP contribution is 2.10. The van der Waals surface area contributed by atoms with Gasteiger partial charge in [0.05, 0.1) is 0 Å². The number of halogens is 1. The molecule has 1 heterocycles. The maximum atomic E-state index is 12.9. The molecule has 1 aromatic carbocycles. The van der Waals surface area contributed by atoms with Gasteiger partial charge >= 0.3 is 0 Å². The van der Waals surface area contributed by atoms with Crippen molar-refractivity contribution in [3.8, 4) is 0 Å². The largest absolute Gasteiger partial charge is 0.366 e. The summed E-state index contributed by atoms with van der Waals surface area (Å²) in [7, 11) is 0. The predicted octanol–water partition coefficient (Wildman–Crippen LogP) is 2.67. The summed E-state index contributed by atoms with van der Waals surface area (Å²) in [6, 6.07) is 7.85. The van der Waals surface area contributed by atoms with Crippen LogP contribution < -0.4 is 10.6 Å². The molecule has 116 valence electrons. The van der Waals surface area contributed by atoms with Gasteiger partial charge in [-0.1, -0.05) is 12.1 Å². The van der Waals surface area contributed by atoms with E-state index in [1.165, 1.54) is 12.1 Å². The van der Waals surface area contributed by atoms with Crippen LogP contribution in [0.15, 0.2) is 30.3 Å². The molecule has 1 amide bonds. The van der Waals surface area contributed by atoms with Crippen LogP contribution in [0.2, 0.25) is 0 Å². The molecule has 0 atom stereocenters. The van der Waals surface area contributed by atoms with E-state index >= 15 is 0 Å². The normalized spacial score (nSPS) is 10.6. The van der Waals surface area contributed by atoms with Gasteiger partial charge in [-0.2, -0.15) is 0 Å². The van der Waals surface area contributed by atoms with Crippen molar-refractivity contribution in [1.29, 1.82) is 0 Å². The number of rotatable bonds is 5. The van der Waals surface area contributed by atoms with E-state index in [9.17, 15) is 9.18 Å². The van der Waals surface area contributed by atoms with E-state index < -0.39 is 0 Å². The zero-order valence-electron chi connectivity index (χ0n) is 12.9. The molecule has 1 aromatic heterocycles. The van der Waals surface area contributed by atoms with Crippen LogP contribution in [0.1, 0.15) is 35.7 Å². The molecule has 0 spiro atoms. The number of hydrogen-bond acceptors (Lipinski definition) is 4. The van der Waals surface area contributed by atoms with Crippen molar-refractivity contribution in [1.82, 2.24) is 15.3 Å². The van der Waals surface area contributed by atoms with Crippen molar-refractivity contribution in [2.45, 2.75) is 33.4 Å². The minimum atomic E-state index is -0.269.